The molecule has 28 heavy (non-hydrogen) atoms. The Labute approximate surface area is 166 Å². The molecule has 0 fully saturated rings. The Morgan fingerprint density at radius 2 is 1.75 bits per heavy atom. The number of hydrogen-bond acceptors (Lipinski definition) is 4. The van der Waals surface area contributed by atoms with E-state index in [1.165, 1.54) is 0 Å². The molecule has 2 atom stereocenters. The third kappa shape index (κ3) is 5.33. The maximum Gasteiger partial charge on any atom is 0.253 e. The van der Waals surface area contributed by atoms with Crippen LogP contribution in [0.15, 0.2) is 48.5 Å². The average molecular weight is 383 g/mol. The molecular weight excluding hydrogens is 354 g/mol. The summed E-state index contributed by atoms with van der Waals surface area (Å²) in [6.07, 6.45) is 1.02. The summed E-state index contributed by atoms with van der Waals surface area (Å²) in [6, 6.07) is 15.3. The number of aryl methyl sites for hydroxylation is 2. The van der Waals surface area contributed by atoms with Gasteiger partial charge in [-0.2, -0.15) is 0 Å². The number of rotatable bonds is 1. The fourth-order valence-electron chi connectivity index (χ4n) is 3.43. The van der Waals surface area contributed by atoms with Crippen molar-refractivity contribution in [2.75, 3.05) is 19.7 Å². The number of aliphatic hydroxyl groups excluding tert-OH is 2. The topological polar surface area (TPSA) is 70.0 Å². The smallest absolute Gasteiger partial charge is 0.253 e. The summed E-state index contributed by atoms with van der Waals surface area (Å²) in [4.78, 5) is 14.7. The number of aliphatic hydroxyl groups is 2. The minimum Gasteiger partial charge on any atom is -0.491 e. The summed E-state index contributed by atoms with van der Waals surface area (Å²) < 4.78 is 5.75. The first-order valence-electron chi connectivity index (χ1n) is 9.97. The summed E-state index contributed by atoms with van der Waals surface area (Å²) >= 11 is 0. The predicted octanol–water partition coefficient (Wildman–Crippen LogP) is 2.96. The van der Waals surface area contributed by atoms with Gasteiger partial charge in [0.1, 0.15) is 18.5 Å². The molecule has 2 aromatic carbocycles. The van der Waals surface area contributed by atoms with Crippen molar-refractivity contribution in [1.82, 2.24) is 4.90 Å². The highest BCUT2D eigenvalue weighted by Gasteiger charge is 2.22. The van der Waals surface area contributed by atoms with Crippen molar-refractivity contribution in [3.05, 3.63) is 65.2 Å². The Hall–Kier alpha value is -2.37. The van der Waals surface area contributed by atoms with E-state index in [1.54, 1.807) is 4.90 Å². The van der Waals surface area contributed by atoms with E-state index in [4.69, 9.17) is 4.74 Å². The molecule has 2 N–H and O–H groups in total. The lowest BCUT2D eigenvalue weighted by Crippen LogP contribution is -2.38. The molecule has 2 aromatic rings. The fraction of sp³-hybridized carbons (Fsp3) is 0.435. The molecule has 0 aliphatic carbocycles. The molecule has 0 bridgehead atoms. The largest absolute Gasteiger partial charge is 0.491 e. The van der Waals surface area contributed by atoms with E-state index in [0.29, 0.717) is 25.1 Å². The highest BCUT2D eigenvalue weighted by atomic mass is 16.5. The molecular formula is C23H29NO4. The molecule has 3 rings (SSSR count). The zero-order valence-corrected chi connectivity index (χ0v) is 16.4. The molecule has 0 unspecified atom stereocenters. The van der Waals surface area contributed by atoms with Crippen LogP contribution in [-0.4, -0.2) is 52.9 Å². The Morgan fingerprint density at radius 3 is 2.54 bits per heavy atom. The normalized spacial score (nSPS) is 21.5. The van der Waals surface area contributed by atoms with Crippen LogP contribution in [0.3, 0.4) is 0 Å². The third-order valence-electron chi connectivity index (χ3n) is 5.23. The van der Waals surface area contributed by atoms with Crippen LogP contribution in [0.1, 0.15) is 40.7 Å². The van der Waals surface area contributed by atoms with Gasteiger partial charge in [0.15, 0.2) is 0 Å². The summed E-state index contributed by atoms with van der Waals surface area (Å²) in [5, 5.41) is 20.6. The van der Waals surface area contributed by atoms with Crippen LogP contribution in [0.25, 0.3) is 0 Å². The van der Waals surface area contributed by atoms with Crippen LogP contribution in [0.4, 0.5) is 0 Å². The Morgan fingerprint density at radius 1 is 1.00 bits per heavy atom. The molecule has 5 nitrogen and oxygen atoms in total. The highest BCUT2D eigenvalue weighted by Crippen LogP contribution is 2.21. The van der Waals surface area contributed by atoms with Gasteiger partial charge in [-0.1, -0.05) is 35.9 Å². The van der Waals surface area contributed by atoms with Crippen molar-refractivity contribution in [2.45, 2.75) is 44.8 Å². The first-order chi connectivity index (χ1) is 13.5. The Kier molecular flexibility index (Phi) is 7.06. The maximum atomic E-state index is 12.9. The second-order valence-corrected chi connectivity index (χ2v) is 7.46. The van der Waals surface area contributed by atoms with Gasteiger partial charge >= 0.3 is 0 Å². The SMILES string of the molecule is Cc1ccc(C(=O)N2CCCCc3ccccc3OC[C@@H](O)[C@@H](O)CC2)cc1. The van der Waals surface area contributed by atoms with Crippen LogP contribution in [0.5, 0.6) is 5.75 Å². The lowest BCUT2D eigenvalue weighted by atomic mass is 10.1. The number of para-hydroxylation sites is 1. The minimum atomic E-state index is -0.995. The average Bonchev–Trinajstić information content (AvgIpc) is 2.72. The lowest BCUT2D eigenvalue weighted by Gasteiger charge is -2.25. The van der Waals surface area contributed by atoms with E-state index >= 15 is 0 Å². The molecule has 0 saturated heterocycles. The molecule has 0 radical (unpaired) electrons. The number of carbonyl (C=O) groups is 1. The molecule has 150 valence electrons. The second-order valence-electron chi connectivity index (χ2n) is 7.46. The Bertz CT molecular complexity index is 774. The van der Waals surface area contributed by atoms with Crippen LogP contribution < -0.4 is 4.74 Å². The van der Waals surface area contributed by atoms with Gasteiger partial charge in [0.2, 0.25) is 0 Å². The zero-order valence-electron chi connectivity index (χ0n) is 16.4. The van der Waals surface area contributed by atoms with Gasteiger partial charge in [0.25, 0.3) is 5.91 Å². The highest BCUT2D eigenvalue weighted by molar-refractivity contribution is 5.94. The predicted molar refractivity (Wildman–Crippen MR) is 109 cm³/mol. The van der Waals surface area contributed by atoms with Gasteiger partial charge in [-0.3, -0.25) is 4.79 Å². The summed E-state index contributed by atoms with van der Waals surface area (Å²) in [5.41, 5.74) is 2.84. The van der Waals surface area contributed by atoms with Crippen LogP contribution in [0.2, 0.25) is 0 Å². The van der Waals surface area contributed by atoms with E-state index in [2.05, 4.69) is 0 Å². The number of ether oxygens (including phenoxy) is 1. The fourth-order valence-corrected chi connectivity index (χ4v) is 3.43. The van der Waals surface area contributed by atoms with Crippen molar-refractivity contribution in [2.24, 2.45) is 0 Å². The molecule has 0 aromatic heterocycles. The number of nitrogens with zero attached hydrogens (tertiary/aromatic N) is 1. The van der Waals surface area contributed by atoms with Crippen molar-refractivity contribution in [1.29, 1.82) is 0 Å². The molecule has 1 aliphatic heterocycles. The van der Waals surface area contributed by atoms with Crippen molar-refractivity contribution >= 4 is 5.91 Å². The van der Waals surface area contributed by atoms with E-state index in [9.17, 15) is 15.0 Å². The second kappa shape index (κ2) is 9.71. The maximum absolute atomic E-state index is 12.9. The summed E-state index contributed by atoms with van der Waals surface area (Å²) in [5.74, 6) is 0.716. The van der Waals surface area contributed by atoms with Crippen molar-refractivity contribution in [3.63, 3.8) is 0 Å². The number of benzene rings is 2. The molecule has 1 amide bonds. The molecule has 0 saturated carbocycles. The van der Waals surface area contributed by atoms with Crippen molar-refractivity contribution in [3.8, 4) is 5.75 Å². The van der Waals surface area contributed by atoms with Gasteiger partial charge in [0, 0.05) is 18.7 Å². The molecule has 0 spiro atoms. The van der Waals surface area contributed by atoms with Gasteiger partial charge in [-0.05, 0) is 56.4 Å². The van der Waals surface area contributed by atoms with E-state index in [0.717, 1.165) is 36.1 Å². The number of fused-ring (bicyclic) bond motifs is 1. The number of carbonyl (C=O) groups excluding carboxylic acids is 1. The standard InChI is InChI=1S/C23H29NO4/c1-17-9-11-19(12-10-17)23(27)24-14-5-4-7-18-6-2-3-8-22(18)28-16-21(26)20(25)13-15-24/h2-3,6,8-12,20-21,25-26H,4-5,7,13-16H2,1H3/t20-,21+/m0/s1. The van der Waals surface area contributed by atoms with Gasteiger partial charge in [-0.25, -0.2) is 0 Å². The van der Waals surface area contributed by atoms with E-state index < -0.39 is 12.2 Å². The van der Waals surface area contributed by atoms with Gasteiger partial charge in [0.05, 0.1) is 6.10 Å². The van der Waals surface area contributed by atoms with E-state index in [1.807, 2.05) is 55.5 Å². The molecule has 1 aliphatic rings. The van der Waals surface area contributed by atoms with E-state index in [-0.39, 0.29) is 12.5 Å². The van der Waals surface area contributed by atoms with Crippen LogP contribution >= 0.6 is 0 Å². The monoisotopic (exact) mass is 383 g/mol. The van der Waals surface area contributed by atoms with Crippen LogP contribution in [-0.2, 0) is 6.42 Å². The van der Waals surface area contributed by atoms with Crippen LogP contribution in [0, 0.1) is 6.92 Å². The van der Waals surface area contributed by atoms with Gasteiger partial charge < -0.3 is 19.8 Å². The lowest BCUT2D eigenvalue weighted by molar-refractivity contribution is -0.0150. The van der Waals surface area contributed by atoms with Gasteiger partial charge in [-0.15, -0.1) is 0 Å². The Balaban J connectivity index is 1.74. The number of amides is 1. The zero-order chi connectivity index (χ0) is 19.9. The summed E-state index contributed by atoms with van der Waals surface area (Å²) in [7, 11) is 0. The molecule has 5 heteroatoms. The molecule has 1 heterocycles. The van der Waals surface area contributed by atoms with Crippen molar-refractivity contribution < 1.29 is 19.7 Å². The quantitative estimate of drug-likeness (QED) is 0.794. The third-order valence-corrected chi connectivity index (χ3v) is 5.23. The first-order valence-corrected chi connectivity index (χ1v) is 9.97. The first kappa shape index (κ1) is 20.4. The summed E-state index contributed by atoms with van der Waals surface area (Å²) in [6.45, 7) is 3.05. The number of hydrogen-bond donors (Lipinski definition) is 2. The minimum absolute atomic E-state index is 0.0318.